The smallest absolute Gasteiger partial charge is 0.256 e. The number of anilines is 1. The molecule has 0 atom stereocenters. The van der Waals surface area contributed by atoms with Gasteiger partial charge in [0.1, 0.15) is 5.00 Å². The van der Waals surface area contributed by atoms with Gasteiger partial charge in [-0.15, -0.1) is 0 Å². The van der Waals surface area contributed by atoms with Crippen LogP contribution in [0.15, 0.2) is 0 Å². The molecule has 2 N–H and O–H groups in total. The summed E-state index contributed by atoms with van der Waals surface area (Å²) in [5.74, 6) is 0.520. The van der Waals surface area contributed by atoms with Gasteiger partial charge in [-0.3, -0.25) is 9.59 Å². The summed E-state index contributed by atoms with van der Waals surface area (Å²) in [7, 11) is 1.80. The molecule has 1 aliphatic heterocycles. The number of aryl methyl sites for hydroxylation is 1. The van der Waals surface area contributed by atoms with Crippen molar-refractivity contribution in [3.05, 3.63) is 11.3 Å². The van der Waals surface area contributed by atoms with Gasteiger partial charge in [0.15, 0.2) is 0 Å². The first-order valence-corrected chi connectivity index (χ1v) is 8.61. The number of hydrogen-bond donors (Lipinski definition) is 2. The molecule has 1 saturated heterocycles. The molecule has 2 heterocycles. The third kappa shape index (κ3) is 3.09. The number of nitrogens with one attached hydrogen (secondary N) is 2. The van der Waals surface area contributed by atoms with E-state index in [1.54, 1.807) is 7.05 Å². The quantitative estimate of drug-likeness (QED) is 0.883. The van der Waals surface area contributed by atoms with Crippen molar-refractivity contribution >= 4 is 28.3 Å². The number of carbonyl (C=O) groups is 2. The molecule has 0 bridgehead atoms. The van der Waals surface area contributed by atoms with Gasteiger partial charge in [0.05, 0.1) is 11.3 Å². The van der Waals surface area contributed by atoms with Crippen LogP contribution >= 0.6 is 11.5 Å². The van der Waals surface area contributed by atoms with E-state index in [9.17, 15) is 9.59 Å². The fraction of sp³-hybridized carbons (Fsp3) is 0.667. The van der Waals surface area contributed by atoms with E-state index in [-0.39, 0.29) is 17.9 Å². The second-order valence-corrected chi connectivity index (χ2v) is 6.84. The van der Waals surface area contributed by atoms with E-state index in [1.807, 2.05) is 11.8 Å². The highest BCUT2D eigenvalue weighted by Gasteiger charge is 2.35. The van der Waals surface area contributed by atoms with Crippen LogP contribution in [0.5, 0.6) is 0 Å². The number of likely N-dealkylation sites (tertiary alicyclic amines) is 1. The van der Waals surface area contributed by atoms with Crippen LogP contribution in [-0.2, 0) is 4.79 Å². The number of hydrogen-bond acceptors (Lipinski definition) is 5. The van der Waals surface area contributed by atoms with E-state index in [4.69, 9.17) is 0 Å². The lowest BCUT2D eigenvalue weighted by molar-refractivity contribution is -0.133. The topological polar surface area (TPSA) is 74.3 Å². The third-order valence-electron chi connectivity index (χ3n) is 4.39. The zero-order chi connectivity index (χ0) is 15.7. The van der Waals surface area contributed by atoms with Crippen molar-refractivity contribution in [3.8, 4) is 0 Å². The number of piperidine rings is 1. The van der Waals surface area contributed by atoms with Gasteiger partial charge in [-0.1, -0.05) is 0 Å². The lowest BCUT2D eigenvalue weighted by atomic mass is 10.0. The average molecular weight is 322 g/mol. The molecular formula is C15H22N4O2S. The first kappa shape index (κ1) is 15.3. The van der Waals surface area contributed by atoms with Crippen LogP contribution in [0.2, 0.25) is 0 Å². The third-order valence-corrected chi connectivity index (χ3v) is 5.34. The Labute approximate surface area is 134 Å². The highest BCUT2D eigenvalue weighted by molar-refractivity contribution is 7.10. The number of aromatic nitrogens is 1. The summed E-state index contributed by atoms with van der Waals surface area (Å²) in [6, 6.07) is 0.139. The molecule has 1 saturated carbocycles. The van der Waals surface area contributed by atoms with Gasteiger partial charge < -0.3 is 15.5 Å². The van der Waals surface area contributed by atoms with Crippen LogP contribution in [0, 0.1) is 12.8 Å². The van der Waals surface area contributed by atoms with Gasteiger partial charge in [-0.25, -0.2) is 0 Å². The summed E-state index contributed by atoms with van der Waals surface area (Å²) in [6.45, 7) is 3.35. The molecule has 2 fully saturated rings. The lowest BCUT2D eigenvalue weighted by Gasteiger charge is -2.32. The molecule has 6 nitrogen and oxygen atoms in total. The number of rotatable bonds is 4. The van der Waals surface area contributed by atoms with E-state index in [0.717, 1.165) is 49.5 Å². The van der Waals surface area contributed by atoms with E-state index in [2.05, 4.69) is 15.0 Å². The fourth-order valence-corrected chi connectivity index (χ4v) is 3.64. The van der Waals surface area contributed by atoms with Crippen LogP contribution in [-0.4, -0.2) is 47.3 Å². The molecular weight excluding hydrogens is 300 g/mol. The Morgan fingerprint density at radius 1 is 1.23 bits per heavy atom. The molecule has 1 aromatic rings. The van der Waals surface area contributed by atoms with Crippen molar-refractivity contribution in [1.82, 2.24) is 14.6 Å². The Kier molecular flexibility index (Phi) is 4.33. The maximum Gasteiger partial charge on any atom is 0.256 e. The molecule has 22 heavy (non-hydrogen) atoms. The SMILES string of the molecule is CNc1snc(C)c1C(=O)NC1CCN(C(=O)C2CC2)CC1. The summed E-state index contributed by atoms with van der Waals surface area (Å²) in [5.41, 5.74) is 1.40. The predicted molar refractivity (Wildman–Crippen MR) is 86.2 cm³/mol. The minimum absolute atomic E-state index is 0.0671. The Morgan fingerprint density at radius 2 is 1.91 bits per heavy atom. The van der Waals surface area contributed by atoms with Gasteiger partial charge in [0.25, 0.3) is 5.91 Å². The summed E-state index contributed by atoms with van der Waals surface area (Å²) in [5, 5.41) is 6.91. The van der Waals surface area contributed by atoms with Crippen LogP contribution < -0.4 is 10.6 Å². The molecule has 7 heteroatoms. The second-order valence-electron chi connectivity index (χ2n) is 6.07. The Hall–Kier alpha value is -1.63. The first-order chi connectivity index (χ1) is 10.6. The van der Waals surface area contributed by atoms with E-state index >= 15 is 0 Å². The fourth-order valence-electron chi connectivity index (χ4n) is 2.90. The molecule has 0 radical (unpaired) electrons. The summed E-state index contributed by atoms with van der Waals surface area (Å²) >= 11 is 1.31. The van der Waals surface area contributed by atoms with Gasteiger partial charge in [-0.2, -0.15) is 4.37 Å². The zero-order valence-corrected chi connectivity index (χ0v) is 13.8. The summed E-state index contributed by atoms with van der Waals surface area (Å²) in [6.07, 6.45) is 3.75. The van der Waals surface area contributed by atoms with E-state index in [0.29, 0.717) is 11.5 Å². The van der Waals surface area contributed by atoms with Gasteiger partial charge in [0.2, 0.25) is 5.91 Å². The molecule has 0 aromatic carbocycles. The van der Waals surface area contributed by atoms with Crippen LogP contribution in [0.4, 0.5) is 5.00 Å². The monoisotopic (exact) mass is 322 g/mol. The molecule has 2 aliphatic rings. The maximum absolute atomic E-state index is 12.4. The lowest BCUT2D eigenvalue weighted by Crippen LogP contribution is -2.47. The Morgan fingerprint density at radius 3 is 2.50 bits per heavy atom. The van der Waals surface area contributed by atoms with Crippen molar-refractivity contribution in [3.63, 3.8) is 0 Å². The molecule has 0 spiro atoms. The Balaban J connectivity index is 1.55. The van der Waals surface area contributed by atoms with Crippen molar-refractivity contribution in [2.24, 2.45) is 5.92 Å². The Bertz CT molecular complexity index is 574. The minimum Gasteiger partial charge on any atom is -0.378 e. The predicted octanol–water partition coefficient (Wildman–Crippen LogP) is 1.62. The average Bonchev–Trinajstić information content (AvgIpc) is 3.30. The van der Waals surface area contributed by atoms with Crippen LogP contribution in [0.3, 0.4) is 0 Å². The highest BCUT2D eigenvalue weighted by atomic mass is 32.1. The van der Waals surface area contributed by atoms with Crippen LogP contribution in [0.25, 0.3) is 0 Å². The normalized spacial score (nSPS) is 19.1. The molecule has 120 valence electrons. The molecule has 3 rings (SSSR count). The van der Waals surface area contributed by atoms with Gasteiger partial charge >= 0.3 is 0 Å². The van der Waals surface area contributed by atoms with Crippen LogP contribution in [0.1, 0.15) is 41.7 Å². The van der Waals surface area contributed by atoms with Gasteiger partial charge in [-0.05, 0) is 44.1 Å². The molecule has 2 amide bonds. The second kappa shape index (κ2) is 6.24. The van der Waals surface area contributed by atoms with E-state index in [1.165, 1.54) is 11.5 Å². The maximum atomic E-state index is 12.4. The summed E-state index contributed by atoms with van der Waals surface area (Å²) in [4.78, 5) is 26.4. The van der Waals surface area contributed by atoms with Crippen molar-refractivity contribution in [2.45, 2.75) is 38.6 Å². The standard InChI is InChI=1S/C15H22N4O2S/c1-9-12(14(16-2)22-18-9)13(20)17-11-5-7-19(8-6-11)15(21)10-3-4-10/h10-11,16H,3-8H2,1-2H3,(H,17,20). The number of amides is 2. The van der Waals surface area contributed by atoms with Crippen molar-refractivity contribution in [2.75, 3.05) is 25.5 Å². The van der Waals surface area contributed by atoms with E-state index < -0.39 is 0 Å². The van der Waals surface area contributed by atoms with Gasteiger partial charge in [0, 0.05) is 32.1 Å². The molecule has 1 aliphatic carbocycles. The number of nitrogens with zero attached hydrogens (tertiary/aromatic N) is 2. The zero-order valence-electron chi connectivity index (χ0n) is 13.0. The van der Waals surface area contributed by atoms with Crippen molar-refractivity contribution in [1.29, 1.82) is 0 Å². The van der Waals surface area contributed by atoms with Crippen molar-refractivity contribution < 1.29 is 9.59 Å². The summed E-state index contributed by atoms with van der Waals surface area (Å²) < 4.78 is 4.23. The first-order valence-electron chi connectivity index (χ1n) is 7.83. The molecule has 1 aromatic heterocycles. The number of carbonyl (C=O) groups excluding carboxylic acids is 2. The largest absolute Gasteiger partial charge is 0.378 e. The molecule has 0 unspecified atom stereocenters. The minimum atomic E-state index is -0.0671. The highest BCUT2D eigenvalue weighted by Crippen LogP contribution is 2.32.